The maximum atomic E-state index is 9.94. The van der Waals surface area contributed by atoms with Crippen molar-refractivity contribution in [3.63, 3.8) is 0 Å². The van der Waals surface area contributed by atoms with E-state index in [1.165, 1.54) is 0 Å². The summed E-state index contributed by atoms with van der Waals surface area (Å²) < 4.78 is 18.9. The predicted octanol–water partition coefficient (Wildman–Crippen LogP) is 3.43. The fraction of sp³-hybridized carbons (Fsp3) is 0.231. The molecule has 2 fully saturated rings. The molecule has 3 aromatic heterocycles. The van der Waals surface area contributed by atoms with Gasteiger partial charge < -0.3 is 24.3 Å². The van der Waals surface area contributed by atoms with E-state index in [-0.39, 0.29) is 24.9 Å². The van der Waals surface area contributed by atoms with E-state index in [4.69, 9.17) is 25.8 Å². The SMILES string of the molecule is O[C@@H]1CO[C@H]2C1OC[C@H]2Oc1nc2nc(-c3ccc(-c4ccc(-n5ccnn5)cc4)cc3)c(Cl)cc2[nH]1. The van der Waals surface area contributed by atoms with Crippen molar-refractivity contribution in [1.82, 2.24) is 29.9 Å². The highest BCUT2D eigenvalue weighted by Crippen LogP contribution is 2.33. The predicted molar refractivity (Wildman–Crippen MR) is 135 cm³/mol. The first-order valence-electron chi connectivity index (χ1n) is 11.8. The number of rotatable bonds is 5. The Labute approximate surface area is 215 Å². The van der Waals surface area contributed by atoms with Crippen molar-refractivity contribution in [3.05, 3.63) is 72.0 Å². The highest BCUT2D eigenvalue weighted by atomic mass is 35.5. The van der Waals surface area contributed by atoms with Crippen molar-refractivity contribution in [1.29, 1.82) is 0 Å². The molecule has 0 radical (unpaired) electrons. The average Bonchev–Trinajstić information content (AvgIpc) is 3.71. The number of nitrogens with one attached hydrogen (secondary N) is 1. The monoisotopic (exact) mass is 516 g/mol. The van der Waals surface area contributed by atoms with Gasteiger partial charge in [-0.3, -0.25) is 0 Å². The molecule has 2 aliphatic heterocycles. The molecule has 0 amide bonds. The van der Waals surface area contributed by atoms with E-state index in [0.717, 1.165) is 22.4 Å². The zero-order valence-electron chi connectivity index (χ0n) is 19.4. The van der Waals surface area contributed by atoms with Crippen LogP contribution in [0.25, 0.3) is 39.2 Å². The highest BCUT2D eigenvalue weighted by molar-refractivity contribution is 6.33. The van der Waals surface area contributed by atoms with Crippen LogP contribution in [0.1, 0.15) is 0 Å². The molecule has 2 saturated heterocycles. The molecule has 186 valence electrons. The van der Waals surface area contributed by atoms with Crippen LogP contribution >= 0.6 is 11.6 Å². The van der Waals surface area contributed by atoms with E-state index in [1.54, 1.807) is 23.1 Å². The molecule has 0 spiro atoms. The Morgan fingerprint density at radius 2 is 1.68 bits per heavy atom. The molecular weight excluding hydrogens is 496 g/mol. The Bertz CT molecular complexity index is 1560. The van der Waals surface area contributed by atoms with Crippen LogP contribution in [0.5, 0.6) is 6.01 Å². The number of imidazole rings is 1. The summed E-state index contributed by atoms with van der Waals surface area (Å²) in [6, 6.07) is 18.2. The maximum Gasteiger partial charge on any atom is 0.296 e. The molecule has 0 saturated carbocycles. The van der Waals surface area contributed by atoms with Crippen LogP contribution in [-0.4, -0.2) is 72.7 Å². The largest absolute Gasteiger partial charge is 0.456 e. The van der Waals surface area contributed by atoms with Gasteiger partial charge in [-0.15, -0.1) is 5.10 Å². The number of aromatic amines is 1. The Morgan fingerprint density at radius 3 is 2.43 bits per heavy atom. The lowest BCUT2D eigenvalue weighted by molar-refractivity contribution is 0.00706. The Morgan fingerprint density at radius 1 is 0.946 bits per heavy atom. The van der Waals surface area contributed by atoms with Crippen LogP contribution in [0.4, 0.5) is 0 Å². The molecule has 0 aliphatic carbocycles. The summed E-state index contributed by atoms with van der Waals surface area (Å²) in [6.45, 7) is 0.557. The summed E-state index contributed by atoms with van der Waals surface area (Å²) in [5, 5.41) is 18.3. The van der Waals surface area contributed by atoms with Crippen molar-refractivity contribution in [2.45, 2.75) is 24.4 Å². The van der Waals surface area contributed by atoms with E-state index >= 15 is 0 Å². The zero-order valence-corrected chi connectivity index (χ0v) is 20.1. The number of ether oxygens (including phenoxy) is 3. The molecule has 4 atom stereocenters. The molecule has 7 rings (SSSR count). The molecule has 2 aromatic carbocycles. The summed E-state index contributed by atoms with van der Waals surface area (Å²) in [5.74, 6) is 0. The van der Waals surface area contributed by atoms with Gasteiger partial charge >= 0.3 is 0 Å². The van der Waals surface area contributed by atoms with Crippen LogP contribution in [0, 0.1) is 0 Å². The van der Waals surface area contributed by atoms with Gasteiger partial charge in [-0.2, -0.15) is 4.98 Å². The van der Waals surface area contributed by atoms with Crippen LogP contribution in [0.15, 0.2) is 67.0 Å². The van der Waals surface area contributed by atoms with Gasteiger partial charge in [-0.1, -0.05) is 53.2 Å². The smallest absolute Gasteiger partial charge is 0.296 e. The van der Waals surface area contributed by atoms with Crippen LogP contribution in [-0.2, 0) is 9.47 Å². The second-order valence-electron chi connectivity index (χ2n) is 9.02. The van der Waals surface area contributed by atoms with E-state index < -0.39 is 6.10 Å². The van der Waals surface area contributed by atoms with Gasteiger partial charge in [0.05, 0.1) is 47.5 Å². The topological polar surface area (TPSA) is 120 Å². The molecule has 37 heavy (non-hydrogen) atoms. The van der Waals surface area contributed by atoms with Crippen LogP contribution in [0.3, 0.4) is 0 Å². The molecular formula is C26H21ClN6O4. The lowest BCUT2D eigenvalue weighted by atomic mass is 10.0. The first-order valence-corrected chi connectivity index (χ1v) is 12.2. The van der Waals surface area contributed by atoms with Crippen LogP contribution in [0.2, 0.25) is 5.02 Å². The average molecular weight is 517 g/mol. The van der Waals surface area contributed by atoms with Gasteiger partial charge in [-0.25, -0.2) is 9.67 Å². The van der Waals surface area contributed by atoms with E-state index in [0.29, 0.717) is 34.5 Å². The lowest BCUT2D eigenvalue weighted by Crippen LogP contribution is -2.34. The lowest BCUT2D eigenvalue weighted by Gasteiger charge is -2.15. The fourth-order valence-electron chi connectivity index (χ4n) is 4.82. The summed E-state index contributed by atoms with van der Waals surface area (Å²) in [4.78, 5) is 12.3. The molecule has 2 N–H and O–H groups in total. The molecule has 11 heteroatoms. The van der Waals surface area contributed by atoms with Gasteiger partial charge in [-0.05, 0) is 29.3 Å². The minimum Gasteiger partial charge on any atom is -0.456 e. The molecule has 2 aliphatic rings. The number of nitrogens with zero attached hydrogens (tertiary/aromatic N) is 5. The van der Waals surface area contributed by atoms with Crippen molar-refractivity contribution in [2.75, 3.05) is 13.2 Å². The standard InChI is InChI=1S/C26H21ClN6O4/c27-18-11-19-25(31-26(29-19)37-21-13-36-23-20(34)12-35-24(21)23)30-22(18)16-3-1-14(2-4-16)15-5-7-17(8-6-15)33-10-9-28-32-33/h1-11,20-21,23-24,34H,12-13H2,(H,29,30,31)/t20-,21-,23?,24-/m1/s1. The number of aliphatic hydroxyl groups is 1. The van der Waals surface area contributed by atoms with Crippen molar-refractivity contribution in [3.8, 4) is 34.1 Å². The Kier molecular flexibility index (Phi) is 5.40. The summed E-state index contributed by atoms with van der Waals surface area (Å²) >= 11 is 6.60. The summed E-state index contributed by atoms with van der Waals surface area (Å²) in [5.41, 5.74) is 5.75. The highest BCUT2D eigenvalue weighted by Gasteiger charge is 2.48. The number of pyridine rings is 1. The first kappa shape index (κ1) is 22.4. The third-order valence-corrected chi connectivity index (χ3v) is 6.98. The van der Waals surface area contributed by atoms with E-state index in [2.05, 4.69) is 25.3 Å². The quantitative estimate of drug-likeness (QED) is 0.364. The van der Waals surface area contributed by atoms with E-state index in [9.17, 15) is 5.11 Å². The summed E-state index contributed by atoms with van der Waals surface area (Å²) in [7, 11) is 0. The number of aromatic nitrogens is 6. The Balaban J connectivity index is 1.11. The van der Waals surface area contributed by atoms with Crippen molar-refractivity contribution in [2.24, 2.45) is 0 Å². The van der Waals surface area contributed by atoms with Gasteiger partial charge in [0, 0.05) is 5.56 Å². The second kappa shape index (κ2) is 8.93. The zero-order chi connectivity index (χ0) is 24.9. The number of aliphatic hydroxyl groups excluding tert-OH is 1. The van der Waals surface area contributed by atoms with Gasteiger partial charge in [0.2, 0.25) is 0 Å². The molecule has 1 unspecified atom stereocenters. The number of benzene rings is 2. The van der Waals surface area contributed by atoms with E-state index in [1.807, 2.05) is 48.5 Å². The number of hydrogen-bond donors (Lipinski definition) is 2. The van der Waals surface area contributed by atoms with Gasteiger partial charge in [0.1, 0.15) is 18.3 Å². The normalized spacial score (nSPS) is 23.0. The third kappa shape index (κ3) is 4.04. The number of halogens is 1. The minimum absolute atomic E-state index is 0.239. The minimum atomic E-state index is -0.636. The third-order valence-electron chi connectivity index (χ3n) is 6.70. The molecule has 10 nitrogen and oxygen atoms in total. The number of H-pyrrole nitrogens is 1. The molecule has 5 heterocycles. The second-order valence-corrected chi connectivity index (χ2v) is 9.43. The molecule has 5 aromatic rings. The fourth-order valence-corrected chi connectivity index (χ4v) is 5.08. The van der Waals surface area contributed by atoms with Crippen LogP contribution < -0.4 is 4.74 Å². The number of fused-ring (bicyclic) bond motifs is 2. The molecule has 0 bridgehead atoms. The van der Waals surface area contributed by atoms with Crippen molar-refractivity contribution >= 4 is 22.8 Å². The van der Waals surface area contributed by atoms with Gasteiger partial charge in [0.15, 0.2) is 11.8 Å². The first-order chi connectivity index (χ1) is 18.1. The Hall–Kier alpha value is -3.83. The summed E-state index contributed by atoms with van der Waals surface area (Å²) in [6.07, 6.45) is 1.75. The van der Waals surface area contributed by atoms with Gasteiger partial charge in [0.25, 0.3) is 6.01 Å². The van der Waals surface area contributed by atoms with Crippen molar-refractivity contribution < 1.29 is 19.3 Å². The number of hydrogen-bond acceptors (Lipinski definition) is 8. The maximum absolute atomic E-state index is 9.94.